The lowest BCUT2D eigenvalue weighted by atomic mass is 10.1. The standard InChI is InChI=1S/C30H25Cl2N5O2/c1-19-9-2-5-14-24(19)35-28(38)18-33-37-27(34-26-16-7-4-11-21(26)30(37)39)17-20-10-3-6-15-25(20)36-29-22(31)12-8-13-23(29)32/h2-16,33,36H,17-18H2,1H3,(H,35,38). The van der Waals surface area contributed by atoms with Crippen molar-refractivity contribution in [2.75, 3.05) is 22.6 Å². The Hall–Kier alpha value is -4.33. The molecular formula is C30H25Cl2N5O2. The van der Waals surface area contributed by atoms with Crippen LogP contribution in [0, 0.1) is 6.92 Å². The van der Waals surface area contributed by atoms with E-state index in [0.717, 1.165) is 16.8 Å². The van der Waals surface area contributed by atoms with E-state index in [2.05, 4.69) is 16.1 Å². The van der Waals surface area contributed by atoms with E-state index in [4.69, 9.17) is 28.2 Å². The highest BCUT2D eigenvalue weighted by Gasteiger charge is 2.16. The molecule has 0 saturated carbocycles. The Morgan fingerprint density at radius 1 is 0.846 bits per heavy atom. The highest BCUT2D eigenvalue weighted by Crippen LogP contribution is 2.34. The summed E-state index contributed by atoms with van der Waals surface area (Å²) >= 11 is 12.8. The van der Waals surface area contributed by atoms with Crippen LogP contribution in [-0.2, 0) is 11.2 Å². The number of nitrogens with one attached hydrogen (secondary N) is 3. The van der Waals surface area contributed by atoms with Crippen molar-refractivity contribution < 1.29 is 4.79 Å². The van der Waals surface area contributed by atoms with Crippen LogP contribution in [0.2, 0.25) is 10.0 Å². The first kappa shape index (κ1) is 26.3. The second kappa shape index (κ2) is 11.6. The van der Waals surface area contributed by atoms with Gasteiger partial charge in [0.05, 0.1) is 26.6 Å². The largest absolute Gasteiger partial charge is 0.353 e. The van der Waals surface area contributed by atoms with Gasteiger partial charge in [0, 0.05) is 17.8 Å². The van der Waals surface area contributed by atoms with Crippen LogP contribution in [0.3, 0.4) is 0 Å². The number of carbonyl (C=O) groups is 1. The molecule has 9 heteroatoms. The smallest absolute Gasteiger partial charge is 0.279 e. The number of hydrogen-bond donors (Lipinski definition) is 3. The maximum absolute atomic E-state index is 13.5. The Morgan fingerprint density at radius 2 is 1.51 bits per heavy atom. The van der Waals surface area contributed by atoms with Crippen molar-refractivity contribution in [2.45, 2.75) is 13.3 Å². The van der Waals surface area contributed by atoms with Crippen molar-refractivity contribution in [3.63, 3.8) is 0 Å². The molecule has 3 N–H and O–H groups in total. The summed E-state index contributed by atoms with van der Waals surface area (Å²) in [5, 5.41) is 7.62. The van der Waals surface area contributed by atoms with E-state index >= 15 is 0 Å². The minimum Gasteiger partial charge on any atom is -0.353 e. The molecule has 0 spiro atoms. The quantitative estimate of drug-likeness (QED) is 0.202. The lowest BCUT2D eigenvalue weighted by Gasteiger charge is -2.18. The van der Waals surface area contributed by atoms with Gasteiger partial charge in [-0.2, -0.15) is 0 Å². The Bertz CT molecular complexity index is 1710. The molecule has 196 valence electrons. The van der Waals surface area contributed by atoms with Gasteiger partial charge in [0.2, 0.25) is 5.91 Å². The van der Waals surface area contributed by atoms with E-state index in [1.165, 1.54) is 4.68 Å². The van der Waals surface area contributed by atoms with Gasteiger partial charge in [0.15, 0.2) is 0 Å². The summed E-state index contributed by atoms with van der Waals surface area (Å²) in [6.45, 7) is 1.79. The number of hydrogen-bond acceptors (Lipinski definition) is 5. The Labute approximate surface area is 235 Å². The molecule has 0 atom stereocenters. The van der Waals surface area contributed by atoms with Crippen molar-refractivity contribution >= 4 is 57.1 Å². The van der Waals surface area contributed by atoms with Crippen LogP contribution in [0.1, 0.15) is 17.0 Å². The van der Waals surface area contributed by atoms with Gasteiger partial charge >= 0.3 is 0 Å². The summed E-state index contributed by atoms with van der Waals surface area (Å²) in [6.07, 6.45) is 0.289. The van der Waals surface area contributed by atoms with Crippen LogP contribution >= 0.6 is 23.2 Å². The molecule has 1 amide bonds. The number of benzene rings is 4. The van der Waals surface area contributed by atoms with E-state index in [1.807, 2.05) is 61.5 Å². The molecule has 0 aliphatic carbocycles. The van der Waals surface area contributed by atoms with Gasteiger partial charge in [-0.1, -0.05) is 77.8 Å². The van der Waals surface area contributed by atoms with Crippen molar-refractivity contribution in [1.82, 2.24) is 9.66 Å². The molecule has 0 aliphatic heterocycles. The van der Waals surface area contributed by atoms with Gasteiger partial charge in [-0.3, -0.25) is 9.59 Å². The van der Waals surface area contributed by atoms with Crippen molar-refractivity contribution in [3.8, 4) is 0 Å². The minimum absolute atomic E-state index is 0.129. The highest BCUT2D eigenvalue weighted by atomic mass is 35.5. The second-order valence-electron chi connectivity index (χ2n) is 8.94. The number of para-hydroxylation sites is 4. The second-order valence-corrected chi connectivity index (χ2v) is 9.75. The Kier molecular flexibility index (Phi) is 7.81. The SMILES string of the molecule is Cc1ccccc1NC(=O)CNn1c(Cc2ccccc2Nc2c(Cl)cccc2Cl)nc2ccccc2c1=O. The van der Waals surface area contributed by atoms with E-state index in [1.54, 1.807) is 36.4 Å². The van der Waals surface area contributed by atoms with Gasteiger partial charge in [0.1, 0.15) is 12.4 Å². The molecule has 0 bridgehead atoms. The number of halogens is 2. The van der Waals surface area contributed by atoms with E-state index in [9.17, 15) is 9.59 Å². The summed E-state index contributed by atoms with van der Waals surface area (Å²) in [4.78, 5) is 31.0. The van der Waals surface area contributed by atoms with Crippen LogP contribution in [0.4, 0.5) is 17.1 Å². The van der Waals surface area contributed by atoms with Crippen LogP contribution < -0.4 is 21.6 Å². The topological polar surface area (TPSA) is 88.1 Å². The molecule has 0 aliphatic rings. The van der Waals surface area contributed by atoms with Crippen LogP contribution in [-0.4, -0.2) is 22.1 Å². The molecule has 0 radical (unpaired) electrons. The number of anilines is 3. The molecule has 0 saturated heterocycles. The van der Waals surface area contributed by atoms with Crippen molar-refractivity contribution in [1.29, 1.82) is 0 Å². The lowest BCUT2D eigenvalue weighted by Crippen LogP contribution is -2.37. The third-order valence-electron chi connectivity index (χ3n) is 6.25. The fraction of sp³-hybridized carbons (Fsp3) is 0.100. The maximum atomic E-state index is 13.5. The van der Waals surface area contributed by atoms with E-state index < -0.39 is 0 Å². The summed E-state index contributed by atoms with van der Waals surface area (Å²) < 4.78 is 1.35. The van der Waals surface area contributed by atoms with Crippen LogP contribution in [0.15, 0.2) is 95.8 Å². The highest BCUT2D eigenvalue weighted by molar-refractivity contribution is 6.39. The number of carbonyl (C=O) groups excluding carboxylic acids is 1. The average Bonchev–Trinajstić information content (AvgIpc) is 2.93. The first-order valence-corrected chi connectivity index (χ1v) is 13.1. The summed E-state index contributed by atoms with van der Waals surface area (Å²) in [5.74, 6) is 0.160. The minimum atomic E-state index is -0.293. The Morgan fingerprint density at radius 3 is 2.28 bits per heavy atom. The number of amides is 1. The number of fused-ring (bicyclic) bond motifs is 1. The molecule has 0 fully saturated rings. The molecule has 1 heterocycles. The molecule has 1 aromatic heterocycles. The first-order valence-electron chi connectivity index (χ1n) is 12.3. The van der Waals surface area contributed by atoms with Gasteiger partial charge in [-0.15, -0.1) is 0 Å². The predicted molar refractivity (Wildman–Crippen MR) is 159 cm³/mol. The lowest BCUT2D eigenvalue weighted by molar-refractivity contribution is -0.114. The summed E-state index contributed by atoms with van der Waals surface area (Å²) in [5.41, 5.74) is 7.13. The molecule has 7 nitrogen and oxygen atoms in total. The summed E-state index contributed by atoms with van der Waals surface area (Å²) in [7, 11) is 0. The number of nitrogens with zero attached hydrogens (tertiary/aromatic N) is 2. The molecule has 5 rings (SSSR count). The van der Waals surface area contributed by atoms with E-state index in [0.29, 0.717) is 38.1 Å². The monoisotopic (exact) mass is 557 g/mol. The summed E-state index contributed by atoms with van der Waals surface area (Å²) in [6, 6.07) is 27.6. The number of aryl methyl sites for hydroxylation is 1. The fourth-order valence-corrected chi connectivity index (χ4v) is 4.73. The maximum Gasteiger partial charge on any atom is 0.279 e. The Balaban J connectivity index is 1.47. The zero-order valence-electron chi connectivity index (χ0n) is 21.0. The fourth-order valence-electron chi connectivity index (χ4n) is 4.24. The molecule has 0 unspecified atom stereocenters. The van der Waals surface area contributed by atoms with Gasteiger partial charge in [-0.05, 0) is 54.4 Å². The number of aromatic nitrogens is 2. The molecule has 39 heavy (non-hydrogen) atoms. The average molecular weight is 558 g/mol. The zero-order valence-corrected chi connectivity index (χ0v) is 22.6. The van der Waals surface area contributed by atoms with Gasteiger partial charge < -0.3 is 16.1 Å². The molecule has 4 aromatic carbocycles. The third kappa shape index (κ3) is 5.90. The zero-order chi connectivity index (χ0) is 27.4. The normalized spacial score (nSPS) is 10.8. The van der Waals surface area contributed by atoms with Crippen molar-refractivity contribution in [2.24, 2.45) is 0 Å². The predicted octanol–water partition coefficient (Wildman–Crippen LogP) is 6.53. The van der Waals surface area contributed by atoms with Crippen LogP contribution in [0.25, 0.3) is 10.9 Å². The van der Waals surface area contributed by atoms with Gasteiger partial charge in [-0.25, -0.2) is 9.66 Å². The van der Waals surface area contributed by atoms with E-state index in [-0.39, 0.29) is 24.4 Å². The number of rotatable bonds is 8. The third-order valence-corrected chi connectivity index (χ3v) is 6.88. The van der Waals surface area contributed by atoms with Crippen molar-refractivity contribution in [3.05, 3.63) is 128 Å². The molecule has 5 aromatic rings. The van der Waals surface area contributed by atoms with Gasteiger partial charge in [0.25, 0.3) is 5.56 Å². The first-order chi connectivity index (χ1) is 18.9. The molecular weight excluding hydrogens is 533 g/mol. The van der Waals surface area contributed by atoms with Crippen LogP contribution in [0.5, 0.6) is 0 Å².